The van der Waals surface area contributed by atoms with Crippen molar-refractivity contribution in [2.45, 2.75) is 29.8 Å². The van der Waals surface area contributed by atoms with Crippen LogP contribution in [0.1, 0.15) is 12.0 Å². The van der Waals surface area contributed by atoms with Crippen LogP contribution in [0.2, 0.25) is 0 Å². The van der Waals surface area contributed by atoms with Crippen molar-refractivity contribution in [2.75, 3.05) is 5.32 Å². The van der Waals surface area contributed by atoms with Crippen LogP contribution >= 0.6 is 11.8 Å². The summed E-state index contributed by atoms with van der Waals surface area (Å²) in [6.45, 7) is 4.35. The maximum atomic E-state index is 12.7. The number of phenols is 1. The molecule has 2 heterocycles. The second-order valence-corrected chi connectivity index (χ2v) is 7.71. The van der Waals surface area contributed by atoms with Gasteiger partial charge < -0.3 is 10.4 Å². The minimum Gasteiger partial charge on any atom is -0.508 e. The van der Waals surface area contributed by atoms with E-state index in [1.54, 1.807) is 30.3 Å². The van der Waals surface area contributed by atoms with E-state index in [0.717, 1.165) is 29.7 Å². The molecule has 2 N–H and O–H groups in total. The summed E-state index contributed by atoms with van der Waals surface area (Å²) in [6, 6.07) is 14.7. The Morgan fingerprint density at radius 2 is 2.00 bits per heavy atom. The monoisotopic (exact) mass is 392 g/mol. The van der Waals surface area contributed by atoms with Crippen molar-refractivity contribution in [1.82, 2.24) is 14.8 Å². The van der Waals surface area contributed by atoms with Gasteiger partial charge in [-0.3, -0.25) is 9.36 Å². The van der Waals surface area contributed by atoms with Gasteiger partial charge in [-0.15, -0.1) is 16.8 Å². The number of para-hydroxylation sites is 1. The number of fused-ring (bicyclic) bond motifs is 1. The Morgan fingerprint density at radius 3 is 2.79 bits per heavy atom. The van der Waals surface area contributed by atoms with Gasteiger partial charge in [-0.05, 0) is 48.7 Å². The van der Waals surface area contributed by atoms with Crippen LogP contribution in [-0.2, 0) is 17.8 Å². The third-order valence-electron chi connectivity index (χ3n) is 4.65. The number of thioether (sulfide) groups is 1. The number of aryl methyl sites for hydroxylation is 1. The van der Waals surface area contributed by atoms with Crippen molar-refractivity contribution in [3.05, 3.63) is 66.7 Å². The van der Waals surface area contributed by atoms with Crippen molar-refractivity contribution in [1.29, 1.82) is 0 Å². The number of nitrogens with one attached hydrogen (secondary N) is 1. The first-order valence-electron chi connectivity index (χ1n) is 9.04. The molecule has 0 saturated heterocycles. The van der Waals surface area contributed by atoms with E-state index >= 15 is 0 Å². The topological polar surface area (TPSA) is 80.0 Å². The molecule has 28 heavy (non-hydrogen) atoms. The molecular weight excluding hydrogens is 372 g/mol. The number of phenolic OH excluding ortho intramolecular Hbond substituents is 1. The minimum atomic E-state index is -0.257. The lowest BCUT2D eigenvalue weighted by molar-refractivity contribution is -0.115. The number of amides is 1. The lowest BCUT2D eigenvalue weighted by Gasteiger charge is -2.13. The second-order valence-electron chi connectivity index (χ2n) is 6.54. The van der Waals surface area contributed by atoms with Crippen molar-refractivity contribution in [3.63, 3.8) is 0 Å². The van der Waals surface area contributed by atoms with Gasteiger partial charge in [0.2, 0.25) is 5.91 Å². The standard InChI is InChI=1S/C21H20N4O2S/c1-2-13-25-19(15-7-10-16(26)11-8-15)23-24-21(25)28-18-12-9-14-5-3-4-6-17(14)22-20(18)27/h2-8,10-11,18,26H,1,9,12-13H2,(H,22,27). The molecule has 1 aromatic heterocycles. The molecule has 1 amide bonds. The van der Waals surface area contributed by atoms with Crippen LogP contribution in [0.25, 0.3) is 11.4 Å². The third-order valence-corrected chi connectivity index (χ3v) is 5.89. The smallest absolute Gasteiger partial charge is 0.237 e. The van der Waals surface area contributed by atoms with Gasteiger partial charge in [0.15, 0.2) is 11.0 Å². The number of aromatic hydroxyl groups is 1. The zero-order valence-corrected chi connectivity index (χ0v) is 16.0. The molecule has 7 heteroatoms. The van der Waals surface area contributed by atoms with Gasteiger partial charge in [0.25, 0.3) is 0 Å². The molecule has 1 aliphatic rings. The highest BCUT2D eigenvalue weighted by Gasteiger charge is 2.27. The van der Waals surface area contributed by atoms with E-state index < -0.39 is 0 Å². The van der Waals surface area contributed by atoms with Crippen LogP contribution in [0.4, 0.5) is 5.69 Å². The molecule has 2 aromatic carbocycles. The second kappa shape index (κ2) is 7.90. The molecule has 0 radical (unpaired) electrons. The van der Waals surface area contributed by atoms with E-state index in [0.29, 0.717) is 17.5 Å². The Morgan fingerprint density at radius 1 is 1.21 bits per heavy atom. The Hall–Kier alpha value is -3.06. The van der Waals surface area contributed by atoms with Gasteiger partial charge in [0, 0.05) is 17.8 Å². The van der Waals surface area contributed by atoms with E-state index in [1.807, 2.05) is 28.8 Å². The van der Waals surface area contributed by atoms with Crippen molar-refractivity contribution in [3.8, 4) is 17.1 Å². The highest BCUT2D eigenvalue weighted by molar-refractivity contribution is 8.00. The zero-order chi connectivity index (χ0) is 19.5. The number of hydrogen-bond acceptors (Lipinski definition) is 5. The van der Waals surface area contributed by atoms with Gasteiger partial charge >= 0.3 is 0 Å². The van der Waals surface area contributed by atoms with Crippen molar-refractivity contribution in [2.24, 2.45) is 0 Å². The normalized spacial score (nSPS) is 16.1. The summed E-state index contributed by atoms with van der Waals surface area (Å²) >= 11 is 1.42. The molecule has 0 bridgehead atoms. The fourth-order valence-electron chi connectivity index (χ4n) is 3.22. The number of anilines is 1. The summed E-state index contributed by atoms with van der Waals surface area (Å²) < 4.78 is 1.94. The summed E-state index contributed by atoms with van der Waals surface area (Å²) in [7, 11) is 0. The summed E-state index contributed by atoms with van der Waals surface area (Å²) in [5, 5.41) is 21.6. The number of nitrogens with zero attached hydrogens (tertiary/aromatic N) is 3. The number of carbonyl (C=O) groups is 1. The molecule has 4 rings (SSSR count). The molecule has 6 nitrogen and oxygen atoms in total. The summed E-state index contributed by atoms with van der Waals surface area (Å²) in [5.74, 6) is 0.858. The predicted octanol–water partition coefficient (Wildman–Crippen LogP) is 3.88. The third kappa shape index (κ3) is 3.66. The highest BCUT2D eigenvalue weighted by atomic mass is 32.2. The fraction of sp³-hybridized carbons (Fsp3) is 0.190. The fourth-order valence-corrected chi connectivity index (χ4v) is 4.26. The molecule has 0 fully saturated rings. The number of carbonyl (C=O) groups excluding carboxylic acids is 1. The maximum Gasteiger partial charge on any atom is 0.237 e. The van der Waals surface area contributed by atoms with E-state index in [9.17, 15) is 9.90 Å². The Balaban J connectivity index is 1.60. The van der Waals surface area contributed by atoms with Crippen molar-refractivity contribution < 1.29 is 9.90 Å². The number of aromatic nitrogens is 3. The van der Waals surface area contributed by atoms with E-state index in [-0.39, 0.29) is 16.9 Å². The summed E-state index contributed by atoms with van der Waals surface area (Å²) in [6.07, 6.45) is 3.33. The summed E-state index contributed by atoms with van der Waals surface area (Å²) in [4.78, 5) is 12.7. The molecule has 1 unspecified atom stereocenters. The van der Waals surface area contributed by atoms with Gasteiger partial charge in [0.05, 0.1) is 5.25 Å². The average Bonchev–Trinajstić information content (AvgIpc) is 3.01. The molecule has 3 aromatic rings. The van der Waals surface area contributed by atoms with Crippen LogP contribution < -0.4 is 5.32 Å². The van der Waals surface area contributed by atoms with Crippen LogP contribution in [0.5, 0.6) is 5.75 Å². The number of hydrogen-bond donors (Lipinski definition) is 2. The summed E-state index contributed by atoms with van der Waals surface area (Å²) in [5.41, 5.74) is 2.88. The largest absolute Gasteiger partial charge is 0.508 e. The van der Waals surface area contributed by atoms with E-state index in [2.05, 4.69) is 22.1 Å². The molecule has 142 valence electrons. The Bertz CT molecular complexity index is 1010. The Labute approximate surface area is 167 Å². The molecule has 0 aliphatic carbocycles. The van der Waals surface area contributed by atoms with Crippen LogP contribution in [0.15, 0.2) is 66.3 Å². The number of benzene rings is 2. The molecular formula is C21H20N4O2S. The van der Waals surface area contributed by atoms with Gasteiger partial charge in [-0.1, -0.05) is 36.0 Å². The number of rotatable bonds is 5. The van der Waals surface area contributed by atoms with Gasteiger partial charge in [0.1, 0.15) is 5.75 Å². The lowest BCUT2D eigenvalue weighted by atomic mass is 10.1. The first-order chi connectivity index (χ1) is 13.7. The average molecular weight is 392 g/mol. The molecule has 0 saturated carbocycles. The quantitative estimate of drug-likeness (QED) is 0.644. The molecule has 1 atom stereocenters. The Kier molecular flexibility index (Phi) is 5.16. The van der Waals surface area contributed by atoms with E-state index in [4.69, 9.17) is 0 Å². The van der Waals surface area contributed by atoms with Crippen LogP contribution in [-0.4, -0.2) is 31.0 Å². The highest BCUT2D eigenvalue weighted by Crippen LogP contribution is 2.32. The maximum absolute atomic E-state index is 12.7. The molecule has 0 spiro atoms. The van der Waals surface area contributed by atoms with Gasteiger partial charge in [-0.25, -0.2) is 0 Å². The van der Waals surface area contributed by atoms with Crippen LogP contribution in [0.3, 0.4) is 0 Å². The van der Waals surface area contributed by atoms with E-state index in [1.165, 1.54) is 11.8 Å². The minimum absolute atomic E-state index is 0.0192. The first-order valence-corrected chi connectivity index (χ1v) is 9.92. The number of allylic oxidation sites excluding steroid dienone is 1. The van der Waals surface area contributed by atoms with Gasteiger partial charge in [-0.2, -0.15) is 0 Å². The zero-order valence-electron chi connectivity index (χ0n) is 15.2. The first kappa shape index (κ1) is 18.3. The lowest BCUT2D eigenvalue weighted by Crippen LogP contribution is -2.24. The SMILES string of the molecule is C=CCn1c(SC2CCc3ccccc3NC2=O)nnc1-c1ccc(O)cc1. The predicted molar refractivity (Wildman–Crippen MR) is 110 cm³/mol. The molecule has 1 aliphatic heterocycles. The van der Waals surface area contributed by atoms with Crippen LogP contribution in [0, 0.1) is 0 Å². The van der Waals surface area contributed by atoms with Crippen molar-refractivity contribution >= 4 is 23.4 Å².